The fourth-order valence-corrected chi connectivity index (χ4v) is 8.67. The van der Waals surface area contributed by atoms with Crippen LogP contribution in [-0.2, 0) is 0 Å². The Kier molecular flexibility index (Phi) is 8.51. The van der Waals surface area contributed by atoms with E-state index in [1.165, 1.54) is 27.6 Å². The third kappa shape index (κ3) is 6.08. The SMILES string of the molecule is c1ccc(-c2ccc(C3NC(c4ccccc4)NC(c4cccc(-c5cccc(-n6c(-c7ccccc7)nc7c8cc[nH]c8c8ccccc8c76)c5)c4)N3)cc2)cc1. The quantitative estimate of drug-likeness (QED) is 0.131. The van der Waals surface area contributed by atoms with Gasteiger partial charge in [-0.2, -0.15) is 0 Å². The van der Waals surface area contributed by atoms with E-state index in [2.05, 4.69) is 220 Å². The molecule has 1 saturated heterocycles. The topological polar surface area (TPSA) is 69.7 Å². The number of hydrogen-bond acceptors (Lipinski definition) is 4. The molecule has 1 fully saturated rings. The minimum absolute atomic E-state index is 0.0644. The maximum absolute atomic E-state index is 5.39. The molecule has 0 saturated carbocycles. The monoisotopic (exact) mass is 748 g/mol. The Bertz CT molecular complexity index is 3040. The third-order valence-corrected chi connectivity index (χ3v) is 11.5. The van der Waals surface area contributed by atoms with Crippen molar-refractivity contribution >= 4 is 32.7 Å². The first kappa shape index (κ1) is 34.2. The van der Waals surface area contributed by atoms with E-state index in [4.69, 9.17) is 4.98 Å². The zero-order valence-electron chi connectivity index (χ0n) is 31.7. The first-order valence-electron chi connectivity index (χ1n) is 19.9. The second kappa shape index (κ2) is 14.4. The largest absolute Gasteiger partial charge is 0.361 e. The van der Waals surface area contributed by atoms with E-state index in [1.807, 2.05) is 6.20 Å². The minimum atomic E-state index is -0.120. The van der Waals surface area contributed by atoms with E-state index in [-0.39, 0.29) is 18.5 Å². The number of aromatic amines is 1. The second-order valence-corrected chi connectivity index (χ2v) is 15.0. The fourth-order valence-electron chi connectivity index (χ4n) is 8.67. The lowest BCUT2D eigenvalue weighted by molar-refractivity contribution is 0.203. The molecule has 1 aliphatic rings. The van der Waals surface area contributed by atoms with Gasteiger partial charge in [0.05, 0.1) is 35.0 Å². The van der Waals surface area contributed by atoms with Crippen LogP contribution in [0.4, 0.5) is 0 Å². The standard InChI is InChI=1S/C52H40N6/c1-4-14-34(15-5-1)35-26-28-37(29-27-35)50-55-49(36-16-6-2-7-17-36)56-51(57-50)41-22-12-20-39(32-41)40-21-13-23-42(33-40)58-48-44-25-11-10-24-43(44)46-45(30-31-53-46)47(48)54-52(58)38-18-8-3-9-19-38/h1-33,49-51,53,55-57H. The highest BCUT2D eigenvalue weighted by atomic mass is 15.4. The van der Waals surface area contributed by atoms with Gasteiger partial charge >= 0.3 is 0 Å². The van der Waals surface area contributed by atoms with E-state index < -0.39 is 0 Å². The van der Waals surface area contributed by atoms with Crippen molar-refractivity contribution in [2.24, 2.45) is 0 Å². The molecule has 278 valence electrons. The lowest BCUT2D eigenvalue weighted by Crippen LogP contribution is -2.54. The molecule has 0 spiro atoms. The van der Waals surface area contributed by atoms with E-state index in [0.29, 0.717) is 0 Å². The van der Waals surface area contributed by atoms with Crippen molar-refractivity contribution in [3.05, 3.63) is 217 Å². The molecule has 0 amide bonds. The van der Waals surface area contributed by atoms with Crippen LogP contribution in [0.2, 0.25) is 0 Å². The van der Waals surface area contributed by atoms with Crippen molar-refractivity contribution < 1.29 is 0 Å². The number of hydrogen-bond donors (Lipinski definition) is 4. The normalized spacial score (nSPS) is 16.9. The molecule has 2 aromatic heterocycles. The highest BCUT2D eigenvalue weighted by molar-refractivity contribution is 6.23. The van der Waals surface area contributed by atoms with Crippen LogP contribution in [0.3, 0.4) is 0 Å². The van der Waals surface area contributed by atoms with Crippen molar-refractivity contribution in [2.45, 2.75) is 18.5 Å². The van der Waals surface area contributed by atoms with Gasteiger partial charge in [0.25, 0.3) is 0 Å². The van der Waals surface area contributed by atoms with Crippen LogP contribution in [0, 0.1) is 0 Å². The number of aromatic nitrogens is 3. The van der Waals surface area contributed by atoms with Crippen LogP contribution in [0.5, 0.6) is 0 Å². The molecule has 0 bridgehead atoms. The summed E-state index contributed by atoms with van der Waals surface area (Å²) in [5, 5.41) is 15.1. The molecule has 4 N–H and O–H groups in total. The zero-order valence-corrected chi connectivity index (χ0v) is 31.7. The highest BCUT2D eigenvalue weighted by Gasteiger charge is 2.30. The van der Waals surface area contributed by atoms with Gasteiger partial charge in [-0.1, -0.05) is 170 Å². The fraction of sp³-hybridized carbons (Fsp3) is 0.0577. The highest BCUT2D eigenvalue weighted by Crippen LogP contribution is 2.39. The van der Waals surface area contributed by atoms with Crippen LogP contribution in [0.1, 0.15) is 35.2 Å². The number of imidazole rings is 1. The Morgan fingerprint density at radius 1 is 0.397 bits per heavy atom. The number of rotatable bonds is 7. The minimum Gasteiger partial charge on any atom is -0.361 e. The summed E-state index contributed by atoms with van der Waals surface area (Å²) < 4.78 is 2.35. The summed E-state index contributed by atoms with van der Waals surface area (Å²) in [6, 6.07) is 69.1. The molecule has 8 aromatic carbocycles. The molecule has 6 nitrogen and oxygen atoms in total. The number of nitrogens with zero attached hydrogens (tertiary/aromatic N) is 2. The zero-order chi connectivity index (χ0) is 38.4. The van der Waals surface area contributed by atoms with Gasteiger partial charge < -0.3 is 4.98 Å². The molecule has 58 heavy (non-hydrogen) atoms. The molecular weight excluding hydrogens is 709 g/mol. The second-order valence-electron chi connectivity index (χ2n) is 15.0. The number of H-pyrrole nitrogens is 1. The van der Waals surface area contributed by atoms with E-state index in [1.54, 1.807) is 0 Å². The maximum atomic E-state index is 5.39. The van der Waals surface area contributed by atoms with Gasteiger partial charge in [0.1, 0.15) is 5.82 Å². The van der Waals surface area contributed by atoms with Gasteiger partial charge in [-0.05, 0) is 63.2 Å². The van der Waals surface area contributed by atoms with Gasteiger partial charge in [0.2, 0.25) is 0 Å². The average molecular weight is 749 g/mol. The Morgan fingerprint density at radius 3 is 1.66 bits per heavy atom. The summed E-state index contributed by atoms with van der Waals surface area (Å²) in [6.45, 7) is 0. The maximum Gasteiger partial charge on any atom is 0.145 e. The lowest BCUT2D eigenvalue weighted by atomic mass is 9.98. The lowest BCUT2D eigenvalue weighted by Gasteiger charge is -2.39. The van der Waals surface area contributed by atoms with Crippen molar-refractivity contribution in [1.82, 2.24) is 30.5 Å². The van der Waals surface area contributed by atoms with Crippen molar-refractivity contribution in [3.63, 3.8) is 0 Å². The van der Waals surface area contributed by atoms with Crippen molar-refractivity contribution in [2.75, 3.05) is 0 Å². The van der Waals surface area contributed by atoms with E-state index in [0.717, 1.165) is 61.1 Å². The summed E-state index contributed by atoms with van der Waals surface area (Å²) in [6.07, 6.45) is 1.75. The van der Waals surface area contributed by atoms with Gasteiger partial charge in [0, 0.05) is 33.6 Å². The predicted molar refractivity (Wildman–Crippen MR) is 237 cm³/mol. The average Bonchev–Trinajstić information content (AvgIpc) is 3.97. The first-order chi connectivity index (χ1) is 28.7. The van der Waals surface area contributed by atoms with Crippen LogP contribution in [-0.4, -0.2) is 14.5 Å². The summed E-state index contributed by atoms with van der Waals surface area (Å²) in [4.78, 5) is 8.89. The van der Waals surface area contributed by atoms with Gasteiger partial charge in [-0.15, -0.1) is 0 Å². The van der Waals surface area contributed by atoms with E-state index >= 15 is 0 Å². The molecule has 3 unspecified atom stereocenters. The Morgan fingerprint density at radius 2 is 0.931 bits per heavy atom. The van der Waals surface area contributed by atoms with Crippen LogP contribution in [0.25, 0.3) is 72.0 Å². The molecule has 10 aromatic rings. The number of fused-ring (bicyclic) bond motifs is 6. The van der Waals surface area contributed by atoms with Crippen LogP contribution in [0.15, 0.2) is 200 Å². The Balaban J connectivity index is 0.990. The molecule has 0 aliphatic carbocycles. The molecule has 0 radical (unpaired) electrons. The smallest absolute Gasteiger partial charge is 0.145 e. The van der Waals surface area contributed by atoms with Crippen molar-refractivity contribution in [3.8, 4) is 39.3 Å². The third-order valence-electron chi connectivity index (χ3n) is 11.5. The summed E-state index contributed by atoms with van der Waals surface area (Å²) in [5.74, 6) is 0.915. The summed E-state index contributed by atoms with van der Waals surface area (Å²) in [5.41, 5.74) is 13.6. The number of benzene rings is 8. The summed E-state index contributed by atoms with van der Waals surface area (Å²) >= 11 is 0. The summed E-state index contributed by atoms with van der Waals surface area (Å²) in [7, 11) is 0. The van der Waals surface area contributed by atoms with Gasteiger partial charge in [-0.3, -0.25) is 20.5 Å². The Hall–Kier alpha value is -7.09. The molecule has 6 heteroatoms. The van der Waals surface area contributed by atoms with Gasteiger partial charge in [0.15, 0.2) is 0 Å². The molecule has 3 atom stereocenters. The number of nitrogens with one attached hydrogen (secondary N) is 4. The Labute approximate surface area is 336 Å². The van der Waals surface area contributed by atoms with Gasteiger partial charge in [-0.25, -0.2) is 4.98 Å². The molecular formula is C52H40N6. The van der Waals surface area contributed by atoms with E-state index in [9.17, 15) is 0 Å². The molecule has 11 rings (SSSR count). The first-order valence-corrected chi connectivity index (χ1v) is 19.9. The van der Waals surface area contributed by atoms with Crippen molar-refractivity contribution in [1.29, 1.82) is 0 Å². The molecule has 3 heterocycles. The van der Waals surface area contributed by atoms with Crippen LogP contribution < -0.4 is 16.0 Å². The van der Waals surface area contributed by atoms with Crippen LogP contribution >= 0.6 is 0 Å². The predicted octanol–water partition coefficient (Wildman–Crippen LogP) is 11.8. The molecule has 1 aliphatic heterocycles.